The SMILES string of the molecule is Cc1nc(COc2ccc(F)cc2)sc1C(=O)NC(CF)C(=O)O. The number of rotatable bonds is 7. The van der Waals surface area contributed by atoms with Crippen molar-refractivity contribution in [2.75, 3.05) is 6.67 Å². The Morgan fingerprint density at radius 2 is 2.04 bits per heavy atom. The molecule has 2 aromatic rings. The first kappa shape index (κ1) is 17.8. The van der Waals surface area contributed by atoms with Crippen molar-refractivity contribution in [3.05, 3.63) is 45.7 Å². The van der Waals surface area contributed by atoms with Crippen molar-refractivity contribution >= 4 is 23.2 Å². The molecule has 0 radical (unpaired) electrons. The minimum atomic E-state index is -1.60. The van der Waals surface area contributed by atoms with E-state index in [1.54, 1.807) is 6.92 Å². The molecule has 1 atom stereocenters. The van der Waals surface area contributed by atoms with Crippen LogP contribution in [0.2, 0.25) is 0 Å². The summed E-state index contributed by atoms with van der Waals surface area (Å²) in [7, 11) is 0. The Morgan fingerprint density at radius 1 is 1.38 bits per heavy atom. The average Bonchev–Trinajstić information content (AvgIpc) is 2.92. The first-order chi connectivity index (χ1) is 11.4. The first-order valence-corrected chi connectivity index (χ1v) is 7.66. The largest absolute Gasteiger partial charge is 0.486 e. The number of thiazole rings is 1. The molecule has 0 fully saturated rings. The molecule has 24 heavy (non-hydrogen) atoms. The number of carbonyl (C=O) groups is 2. The molecule has 0 saturated heterocycles. The van der Waals surface area contributed by atoms with Gasteiger partial charge in [0.2, 0.25) is 0 Å². The predicted octanol–water partition coefficient (Wildman–Crippen LogP) is 2.32. The van der Waals surface area contributed by atoms with Gasteiger partial charge in [-0.25, -0.2) is 18.6 Å². The standard InChI is InChI=1S/C15H14F2N2O4S/c1-8-13(14(20)19-11(6-16)15(21)22)24-12(18-8)7-23-10-4-2-9(17)3-5-10/h2-5,11H,6-7H2,1H3,(H,19,20)(H,21,22). The third kappa shape index (κ3) is 4.48. The molecule has 0 aliphatic carbocycles. The summed E-state index contributed by atoms with van der Waals surface area (Å²) in [5.41, 5.74) is 0.387. The van der Waals surface area contributed by atoms with Crippen molar-refractivity contribution < 1.29 is 28.2 Å². The van der Waals surface area contributed by atoms with E-state index in [2.05, 4.69) is 10.3 Å². The van der Waals surface area contributed by atoms with Crippen LogP contribution >= 0.6 is 11.3 Å². The van der Waals surface area contributed by atoms with Crippen molar-refractivity contribution in [2.45, 2.75) is 19.6 Å². The highest BCUT2D eigenvalue weighted by Crippen LogP contribution is 2.20. The highest BCUT2D eigenvalue weighted by atomic mass is 32.1. The number of hydrogen-bond acceptors (Lipinski definition) is 5. The van der Waals surface area contributed by atoms with Crippen LogP contribution in [0.1, 0.15) is 20.4 Å². The number of hydrogen-bond donors (Lipinski definition) is 2. The molecular weight excluding hydrogens is 342 g/mol. The van der Waals surface area contributed by atoms with E-state index in [0.29, 0.717) is 16.5 Å². The summed E-state index contributed by atoms with van der Waals surface area (Å²) in [5.74, 6) is -2.10. The van der Waals surface area contributed by atoms with E-state index in [1.165, 1.54) is 24.3 Å². The molecule has 1 unspecified atom stereocenters. The summed E-state index contributed by atoms with van der Waals surface area (Å²) in [4.78, 5) is 27.1. The Balaban J connectivity index is 2.02. The number of carboxylic acid groups (broad SMARTS) is 1. The second-order valence-corrected chi connectivity index (χ2v) is 5.87. The maximum absolute atomic E-state index is 12.8. The van der Waals surface area contributed by atoms with Gasteiger partial charge in [0, 0.05) is 0 Å². The third-order valence-electron chi connectivity index (χ3n) is 2.98. The van der Waals surface area contributed by atoms with Crippen LogP contribution < -0.4 is 10.1 Å². The molecule has 0 aliphatic heterocycles. The fourth-order valence-electron chi connectivity index (χ4n) is 1.79. The highest BCUT2D eigenvalue weighted by molar-refractivity contribution is 7.13. The van der Waals surface area contributed by atoms with E-state index in [-0.39, 0.29) is 17.3 Å². The number of aliphatic carboxylic acids is 1. The van der Waals surface area contributed by atoms with Crippen molar-refractivity contribution in [1.82, 2.24) is 10.3 Å². The fraction of sp³-hybridized carbons (Fsp3) is 0.267. The van der Waals surface area contributed by atoms with Crippen LogP contribution in [0.4, 0.5) is 8.78 Å². The third-order valence-corrected chi connectivity index (χ3v) is 4.11. The number of nitrogens with zero attached hydrogens (tertiary/aromatic N) is 1. The molecule has 1 aromatic heterocycles. The molecule has 2 rings (SSSR count). The number of amides is 1. The summed E-state index contributed by atoms with van der Waals surface area (Å²) in [5, 5.41) is 11.3. The Labute approximate surface area is 140 Å². The summed E-state index contributed by atoms with van der Waals surface area (Å²) in [6.07, 6.45) is 0. The first-order valence-electron chi connectivity index (χ1n) is 6.85. The topological polar surface area (TPSA) is 88.5 Å². The normalized spacial score (nSPS) is 11.8. The number of nitrogens with one attached hydrogen (secondary N) is 1. The molecule has 0 bridgehead atoms. The quantitative estimate of drug-likeness (QED) is 0.795. The number of halogens is 2. The van der Waals surface area contributed by atoms with Gasteiger partial charge in [0.1, 0.15) is 34.7 Å². The summed E-state index contributed by atoms with van der Waals surface area (Å²) < 4.78 is 30.8. The number of aromatic nitrogens is 1. The zero-order valence-corrected chi connectivity index (χ0v) is 13.4. The smallest absolute Gasteiger partial charge is 0.328 e. The van der Waals surface area contributed by atoms with Gasteiger partial charge in [-0.15, -0.1) is 11.3 Å². The molecule has 0 aliphatic rings. The molecule has 0 spiro atoms. The Hall–Kier alpha value is -2.55. The average molecular weight is 356 g/mol. The van der Waals surface area contributed by atoms with Crippen LogP contribution in [-0.2, 0) is 11.4 Å². The number of carboxylic acids is 1. The Morgan fingerprint density at radius 3 is 2.62 bits per heavy atom. The lowest BCUT2D eigenvalue weighted by Crippen LogP contribution is -2.42. The van der Waals surface area contributed by atoms with Gasteiger partial charge in [0.05, 0.1) is 5.69 Å². The van der Waals surface area contributed by atoms with Crippen LogP contribution in [0.5, 0.6) is 5.75 Å². The molecule has 1 amide bonds. The number of aryl methyl sites for hydroxylation is 1. The zero-order valence-electron chi connectivity index (χ0n) is 12.6. The predicted molar refractivity (Wildman–Crippen MR) is 82.4 cm³/mol. The summed E-state index contributed by atoms with van der Waals surface area (Å²) in [6, 6.07) is 3.83. The molecule has 0 saturated carbocycles. The van der Waals surface area contributed by atoms with Gasteiger partial charge in [-0.1, -0.05) is 0 Å². The van der Waals surface area contributed by atoms with Crippen molar-refractivity contribution in [1.29, 1.82) is 0 Å². The highest BCUT2D eigenvalue weighted by Gasteiger charge is 2.23. The van der Waals surface area contributed by atoms with Gasteiger partial charge < -0.3 is 15.2 Å². The van der Waals surface area contributed by atoms with Crippen LogP contribution in [-0.4, -0.2) is 34.7 Å². The maximum atomic E-state index is 12.8. The molecule has 9 heteroatoms. The number of benzene rings is 1. The van der Waals surface area contributed by atoms with Crippen molar-refractivity contribution in [2.24, 2.45) is 0 Å². The van der Waals surface area contributed by atoms with Crippen LogP contribution in [0, 0.1) is 12.7 Å². The van der Waals surface area contributed by atoms with Gasteiger partial charge in [0.25, 0.3) is 5.91 Å². The van der Waals surface area contributed by atoms with Crippen molar-refractivity contribution in [3.8, 4) is 5.75 Å². The number of alkyl halides is 1. The molecule has 1 aromatic carbocycles. The van der Waals surface area contributed by atoms with Gasteiger partial charge in [0.15, 0.2) is 6.04 Å². The van der Waals surface area contributed by atoms with E-state index >= 15 is 0 Å². The van der Waals surface area contributed by atoms with Crippen LogP contribution in [0.25, 0.3) is 0 Å². The van der Waals surface area contributed by atoms with Gasteiger partial charge in [-0.3, -0.25) is 4.79 Å². The zero-order chi connectivity index (χ0) is 17.7. The lowest BCUT2D eigenvalue weighted by Gasteiger charge is -2.09. The Bertz CT molecular complexity index is 734. The van der Waals surface area contributed by atoms with E-state index in [0.717, 1.165) is 11.3 Å². The van der Waals surface area contributed by atoms with E-state index in [4.69, 9.17) is 9.84 Å². The second kappa shape index (κ2) is 7.82. The molecule has 6 nitrogen and oxygen atoms in total. The lowest BCUT2D eigenvalue weighted by atomic mass is 10.3. The monoisotopic (exact) mass is 356 g/mol. The van der Waals surface area contributed by atoms with E-state index in [1.807, 2.05) is 0 Å². The minimum Gasteiger partial charge on any atom is -0.486 e. The summed E-state index contributed by atoms with van der Waals surface area (Å²) in [6.45, 7) is 0.438. The molecule has 128 valence electrons. The van der Waals surface area contributed by atoms with Crippen LogP contribution in [0.15, 0.2) is 24.3 Å². The molecule has 2 N–H and O–H groups in total. The molecular formula is C15H14F2N2O4S. The fourth-order valence-corrected chi connectivity index (χ4v) is 2.67. The second-order valence-electron chi connectivity index (χ2n) is 4.78. The van der Waals surface area contributed by atoms with Gasteiger partial charge >= 0.3 is 5.97 Å². The lowest BCUT2D eigenvalue weighted by molar-refractivity contribution is -0.139. The number of ether oxygens (including phenoxy) is 1. The van der Waals surface area contributed by atoms with Crippen LogP contribution in [0.3, 0.4) is 0 Å². The minimum absolute atomic E-state index is 0.0654. The van der Waals surface area contributed by atoms with E-state index in [9.17, 15) is 18.4 Å². The van der Waals surface area contributed by atoms with Gasteiger partial charge in [-0.2, -0.15) is 0 Å². The van der Waals surface area contributed by atoms with Crippen molar-refractivity contribution in [3.63, 3.8) is 0 Å². The summed E-state index contributed by atoms with van der Waals surface area (Å²) >= 11 is 1.02. The Kier molecular flexibility index (Phi) is 5.80. The number of carbonyl (C=O) groups excluding carboxylic acids is 1. The van der Waals surface area contributed by atoms with E-state index < -0.39 is 24.6 Å². The van der Waals surface area contributed by atoms with Gasteiger partial charge in [-0.05, 0) is 31.2 Å². The molecule has 1 heterocycles. The maximum Gasteiger partial charge on any atom is 0.328 e.